The minimum Gasteiger partial charge on any atom is -0.461 e. The second kappa shape index (κ2) is 8.75. The van der Waals surface area contributed by atoms with Crippen LogP contribution in [0.4, 0.5) is 10.5 Å². The number of carbonyl (C=O) groups is 2. The van der Waals surface area contributed by atoms with Gasteiger partial charge in [0.25, 0.3) is 0 Å². The van der Waals surface area contributed by atoms with Crippen LogP contribution >= 0.6 is 0 Å². The van der Waals surface area contributed by atoms with E-state index in [2.05, 4.69) is 10.1 Å². The van der Waals surface area contributed by atoms with E-state index >= 15 is 0 Å². The molecule has 2 heterocycles. The Morgan fingerprint density at radius 2 is 1.74 bits per heavy atom. The lowest BCUT2D eigenvalue weighted by Gasteiger charge is -2.35. The number of amides is 1. The highest BCUT2D eigenvalue weighted by molar-refractivity contribution is 6.36. The number of oxime groups is 1. The summed E-state index contributed by atoms with van der Waals surface area (Å²) in [4.78, 5) is 32.8. The predicted octanol–water partition coefficient (Wildman–Crippen LogP) is 2.35. The van der Waals surface area contributed by atoms with Gasteiger partial charge in [-0.3, -0.25) is 0 Å². The maximum atomic E-state index is 11.8. The first-order valence-electron chi connectivity index (χ1n) is 9.28. The molecule has 0 aliphatic carbocycles. The molecule has 2 aliphatic heterocycles. The van der Waals surface area contributed by atoms with Crippen molar-refractivity contribution in [3.8, 4) is 0 Å². The zero-order chi connectivity index (χ0) is 19.2. The summed E-state index contributed by atoms with van der Waals surface area (Å²) in [5.74, 6) is -0.420. The zero-order valence-electron chi connectivity index (χ0n) is 15.7. The molecule has 1 fully saturated rings. The highest BCUT2D eigenvalue weighted by atomic mass is 16.6. The summed E-state index contributed by atoms with van der Waals surface area (Å²) in [5, 5.41) is 3.85. The molecular formula is C19H25N3O5. The fourth-order valence-electron chi connectivity index (χ4n) is 3.15. The maximum Gasteiger partial charge on any atom is 0.409 e. The van der Waals surface area contributed by atoms with Crippen molar-refractivity contribution >= 4 is 23.5 Å². The van der Waals surface area contributed by atoms with Crippen LogP contribution < -0.4 is 4.90 Å². The van der Waals surface area contributed by atoms with Gasteiger partial charge < -0.3 is 24.1 Å². The lowest BCUT2D eigenvalue weighted by Crippen LogP contribution is -2.49. The van der Waals surface area contributed by atoms with Gasteiger partial charge in [0.05, 0.1) is 13.2 Å². The highest BCUT2D eigenvalue weighted by Gasteiger charge is 2.28. The topological polar surface area (TPSA) is 80.7 Å². The molecule has 1 saturated heterocycles. The predicted molar refractivity (Wildman–Crippen MR) is 99.8 cm³/mol. The molecule has 0 N–H and O–H groups in total. The Labute approximate surface area is 158 Å². The first-order chi connectivity index (χ1) is 13.1. The second-order valence-corrected chi connectivity index (χ2v) is 6.32. The molecule has 1 atom stereocenters. The molecule has 146 valence electrons. The molecule has 3 rings (SSSR count). The van der Waals surface area contributed by atoms with E-state index in [-0.39, 0.29) is 12.2 Å². The molecule has 27 heavy (non-hydrogen) atoms. The Morgan fingerprint density at radius 1 is 1.07 bits per heavy atom. The number of ether oxygens (including phenoxy) is 2. The number of anilines is 1. The molecule has 2 aliphatic rings. The van der Waals surface area contributed by atoms with Crippen molar-refractivity contribution < 1.29 is 23.9 Å². The van der Waals surface area contributed by atoms with E-state index in [0.29, 0.717) is 38.4 Å². The van der Waals surface area contributed by atoms with Gasteiger partial charge in [0.1, 0.15) is 0 Å². The van der Waals surface area contributed by atoms with E-state index in [9.17, 15) is 9.59 Å². The van der Waals surface area contributed by atoms with E-state index in [1.165, 1.54) is 0 Å². The summed E-state index contributed by atoms with van der Waals surface area (Å²) in [6, 6.07) is 8.03. The van der Waals surface area contributed by atoms with Gasteiger partial charge in [-0.25, -0.2) is 9.59 Å². The molecule has 8 nitrogen and oxygen atoms in total. The summed E-state index contributed by atoms with van der Waals surface area (Å²) in [5.41, 5.74) is 2.37. The van der Waals surface area contributed by atoms with Crippen LogP contribution in [0.2, 0.25) is 0 Å². The average Bonchev–Trinajstić information content (AvgIpc) is 3.19. The van der Waals surface area contributed by atoms with E-state index in [1.807, 2.05) is 31.2 Å². The third kappa shape index (κ3) is 4.50. The molecule has 0 radical (unpaired) electrons. The van der Waals surface area contributed by atoms with Crippen LogP contribution in [0.15, 0.2) is 29.4 Å². The molecule has 0 saturated carbocycles. The molecular weight excluding hydrogens is 350 g/mol. The number of rotatable bonds is 5. The monoisotopic (exact) mass is 375 g/mol. The third-order valence-corrected chi connectivity index (χ3v) is 4.62. The number of carbonyl (C=O) groups excluding carboxylic acids is 2. The summed E-state index contributed by atoms with van der Waals surface area (Å²) in [6.45, 7) is 7.09. The van der Waals surface area contributed by atoms with E-state index in [0.717, 1.165) is 24.3 Å². The molecule has 0 bridgehead atoms. The van der Waals surface area contributed by atoms with Crippen LogP contribution in [-0.4, -0.2) is 62.1 Å². The van der Waals surface area contributed by atoms with Crippen molar-refractivity contribution in [2.24, 2.45) is 5.16 Å². The minimum atomic E-state index is -0.420. The van der Waals surface area contributed by atoms with Gasteiger partial charge >= 0.3 is 12.1 Å². The Balaban J connectivity index is 1.53. The van der Waals surface area contributed by atoms with Gasteiger partial charge in [0.2, 0.25) is 0 Å². The quantitative estimate of drug-likeness (QED) is 0.735. The molecule has 1 aromatic carbocycles. The molecule has 8 heteroatoms. The number of nitrogens with zero attached hydrogens (tertiary/aromatic N) is 3. The fraction of sp³-hybridized carbons (Fsp3) is 0.526. The Morgan fingerprint density at radius 3 is 2.37 bits per heavy atom. The number of esters is 1. The fourth-order valence-corrected chi connectivity index (χ4v) is 3.15. The normalized spacial score (nSPS) is 19.3. The number of piperazine rings is 1. The first kappa shape index (κ1) is 19.0. The summed E-state index contributed by atoms with van der Waals surface area (Å²) in [7, 11) is 0. The maximum absolute atomic E-state index is 11.8. The summed E-state index contributed by atoms with van der Waals surface area (Å²) < 4.78 is 10.0. The van der Waals surface area contributed by atoms with Gasteiger partial charge in [-0.05, 0) is 31.5 Å². The van der Waals surface area contributed by atoms with Crippen molar-refractivity contribution in [2.45, 2.75) is 26.4 Å². The van der Waals surface area contributed by atoms with Crippen molar-refractivity contribution in [3.63, 3.8) is 0 Å². The van der Waals surface area contributed by atoms with Gasteiger partial charge in [-0.2, -0.15) is 0 Å². The van der Waals surface area contributed by atoms with Crippen molar-refractivity contribution in [2.75, 3.05) is 44.3 Å². The Hall–Kier alpha value is -2.77. The van der Waals surface area contributed by atoms with Crippen molar-refractivity contribution in [1.82, 2.24) is 4.90 Å². The number of hydrogen-bond donors (Lipinski definition) is 0. The van der Waals surface area contributed by atoms with Crippen LogP contribution in [0.25, 0.3) is 0 Å². The lowest BCUT2D eigenvalue weighted by molar-refractivity contribution is -0.135. The van der Waals surface area contributed by atoms with E-state index in [1.54, 1.807) is 11.8 Å². The van der Waals surface area contributed by atoms with Gasteiger partial charge in [-0.15, -0.1) is 0 Å². The van der Waals surface area contributed by atoms with Crippen LogP contribution in [0.1, 0.15) is 31.9 Å². The minimum absolute atomic E-state index is 0.247. The van der Waals surface area contributed by atoms with Gasteiger partial charge in [0, 0.05) is 38.3 Å². The van der Waals surface area contributed by atoms with Crippen molar-refractivity contribution in [1.29, 1.82) is 0 Å². The van der Waals surface area contributed by atoms with Gasteiger partial charge in [0.15, 0.2) is 11.8 Å². The van der Waals surface area contributed by atoms with Crippen molar-refractivity contribution in [3.05, 3.63) is 29.8 Å². The molecule has 0 spiro atoms. The van der Waals surface area contributed by atoms with Crippen LogP contribution in [-0.2, 0) is 19.1 Å². The Bertz CT molecular complexity index is 696. The highest BCUT2D eigenvalue weighted by Crippen LogP contribution is 2.29. The SMILES string of the molecule is CCOC(=O)C1=NOC(c2ccc(N3CCN(C(=O)OCC)CC3)cc2)C1. The van der Waals surface area contributed by atoms with Gasteiger partial charge in [-0.1, -0.05) is 17.3 Å². The summed E-state index contributed by atoms with van der Waals surface area (Å²) in [6.07, 6.45) is -0.0986. The molecule has 0 aromatic heterocycles. The molecule has 1 amide bonds. The first-order valence-corrected chi connectivity index (χ1v) is 9.28. The van der Waals surface area contributed by atoms with Crippen LogP contribution in [0.3, 0.4) is 0 Å². The average molecular weight is 375 g/mol. The van der Waals surface area contributed by atoms with Crippen LogP contribution in [0, 0.1) is 0 Å². The number of hydrogen-bond acceptors (Lipinski definition) is 7. The van der Waals surface area contributed by atoms with Crippen LogP contribution in [0.5, 0.6) is 0 Å². The largest absolute Gasteiger partial charge is 0.461 e. The lowest BCUT2D eigenvalue weighted by atomic mass is 10.0. The zero-order valence-corrected chi connectivity index (χ0v) is 15.7. The third-order valence-electron chi connectivity index (χ3n) is 4.62. The van der Waals surface area contributed by atoms with E-state index in [4.69, 9.17) is 14.3 Å². The molecule has 1 aromatic rings. The number of benzene rings is 1. The second-order valence-electron chi connectivity index (χ2n) is 6.32. The standard InChI is InChI=1S/C19H25N3O5/c1-3-25-18(23)16-13-17(27-20-16)14-5-7-15(8-6-14)21-9-11-22(12-10-21)19(24)26-4-2/h5-8,17H,3-4,9-13H2,1-2H3. The Kier molecular flexibility index (Phi) is 6.16. The molecule has 1 unspecified atom stereocenters. The smallest absolute Gasteiger partial charge is 0.409 e. The summed E-state index contributed by atoms with van der Waals surface area (Å²) >= 11 is 0. The van der Waals surface area contributed by atoms with E-state index < -0.39 is 5.97 Å².